The highest BCUT2D eigenvalue weighted by Crippen LogP contribution is 2.45. The van der Waals surface area contributed by atoms with Crippen molar-refractivity contribution >= 4 is 30.1 Å². The maximum Gasteiger partial charge on any atom is 0.494 e. The molecule has 0 radical (unpaired) electrons. The number of piperidine rings is 1. The normalized spacial score (nSPS) is 30.0. The van der Waals surface area contributed by atoms with Gasteiger partial charge in [0, 0.05) is 18.2 Å². The molecule has 7 heteroatoms. The highest BCUT2D eigenvalue weighted by Gasteiger charge is 2.53. The van der Waals surface area contributed by atoms with Crippen molar-refractivity contribution in [3.05, 3.63) is 23.8 Å². The van der Waals surface area contributed by atoms with Gasteiger partial charge in [0.1, 0.15) is 5.60 Å². The van der Waals surface area contributed by atoms with Crippen molar-refractivity contribution in [1.82, 2.24) is 4.90 Å². The van der Waals surface area contributed by atoms with Crippen LogP contribution in [0.15, 0.2) is 23.2 Å². The van der Waals surface area contributed by atoms with E-state index in [1.165, 1.54) is 5.56 Å². The minimum Gasteiger partial charge on any atom is -0.444 e. The highest BCUT2D eigenvalue weighted by atomic mass is 16.7. The minimum absolute atomic E-state index is 0.0382. The molecule has 1 aromatic rings. The predicted molar refractivity (Wildman–Crippen MR) is 126 cm³/mol. The molecule has 3 fully saturated rings. The standard InChI is InChI=1S/C25H35BN2O4/c1-23(2,3)30-22(29)28-18-10-8-15(13-18)21(28)20-14-16-12-17(9-11-19(16)27-20)26-31-24(4,5)25(6,7)32-26/h9,11-12,15,18,21H,8,10,13-14H2,1-7H3/t15-,18-,21+/m1/s1. The van der Waals surface area contributed by atoms with Crippen LogP contribution in [-0.4, -0.2) is 52.7 Å². The molecule has 172 valence electrons. The molecule has 0 spiro atoms. The number of amides is 1. The Hall–Kier alpha value is -1.86. The Morgan fingerprint density at radius 3 is 2.50 bits per heavy atom. The second-order valence-corrected chi connectivity index (χ2v) is 11.8. The van der Waals surface area contributed by atoms with Crippen LogP contribution in [0.1, 0.15) is 73.3 Å². The van der Waals surface area contributed by atoms with E-state index in [4.69, 9.17) is 19.0 Å². The number of hydrogen-bond donors (Lipinski definition) is 0. The maximum absolute atomic E-state index is 13.1. The third-order valence-corrected chi connectivity index (χ3v) is 7.80. The quantitative estimate of drug-likeness (QED) is 0.643. The molecule has 1 amide bonds. The first-order valence-corrected chi connectivity index (χ1v) is 11.9. The van der Waals surface area contributed by atoms with Crippen molar-refractivity contribution in [2.75, 3.05) is 0 Å². The molecule has 0 N–H and O–H groups in total. The number of hydrogen-bond acceptors (Lipinski definition) is 5. The molecule has 3 heterocycles. The van der Waals surface area contributed by atoms with E-state index in [2.05, 4.69) is 45.9 Å². The van der Waals surface area contributed by atoms with E-state index in [1.54, 1.807) is 0 Å². The van der Waals surface area contributed by atoms with Crippen LogP contribution in [0.3, 0.4) is 0 Å². The number of carbonyl (C=O) groups is 1. The summed E-state index contributed by atoms with van der Waals surface area (Å²) in [6, 6.07) is 6.59. The zero-order chi connectivity index (χ0) is 23.1. The van der Waals surface area contributed by atoms with E-state index in [0.717, 1.165) is 42.5 Å². The third kappa shape index (κ3) is 3.58. The average Bonchev–Trinajstić information content (AvgIpc) is 3.41. The molecule has 1 aromatic carbocycles. The summed E-state index contributed by atoms with van der Waals surface area (Å²) in [5.41, 5.74) is 3.05. The summed E-state index contributed by atoms with van der Waals surface area (Å²) in [7, 11) is -0.380. The van der Waals surface area contributed by atoms with Gasteiger partial charge in [0.25, 0.3) is 0 Å². The first-order chi connectivity index (χ1) is 14.8. The van der Waals surface area contributed by atoms with Gasteiger partial charge in [-0.1, -0.05) is 12.1 Å². The van der Waals surface area contributed by atoms with Crippen LogP contribution >= 0.6 is 0 Å². The Bertz CT molecular complexity index is 965. The molecule has 4 aliphatic rings. The number of aliphatic imine (C=N–C) groups is 1. The molecule has 32 heavy (non-hydrogen) atoms. The second-order valence-electron chi connectivity index (χ2n) is 11.8. The molecule has 3 atom stereocenters. The summed E-state index contributed by atoms with van der Waals surface area (Å²) < 4.78 is 18.3. The molecule has 0 unspecified atom stereocenters. The second kappa shape index (κ2) is 7.07. The van der Waals surface area contributed by atoms with Crippen LogP contribution in [0.25, 0.3) is 0 Å². The molecule has 0 aromatic heterocycles. The lowest BCUT2D eigenvalue weighted by molar-refractivity contribution is 0.00578. The lowest BCUT2D eigenvalue weighted by Gasteiger charge is -2.36. The molecule has 2 saturated heterocycles. The molecule has 6 nitrogen and oxygen atoms in total. The van der Waals surface area contributed by atoms with Gasteiger partial charge in [0.15, 0.2) is 0 Å². The fourth-order valence-electron chi connectivity index (χ4n) is 5.54. The van der Waals surface area contributed by atoms with Crippen molar-refractivity contribution in [2.45, 2.75) is 103 Å². The number of nitrogens with zero attached hydrogens (tertiary/aromatic N) is 2. The van der Waals surface area contributed by atoms with Crippen LogP contribution in [0.2, 0.25) is 0 Å². The van der Waals surface area contributed by atoms with Gasteiger partial charge in [-0.05, 0) is 90.7 Å². The molecular formula is C25H35BN2O4. The van der Waals surface area contributed by atoms with Crippen molar-refractivity contribution in [3.8, 4) is 0 Å². The zero-order valence-corrected chi connectivity index (χ0v) is 20.4. The summed E-state index contributed by atoms with van der Waals surface area (Å²) in [6.07, 6.45) is 3.83. The molecular weight excluding hydrogens is 403 g/mol. The lowest BCUT2D eigenvalue weighted by atomic mass is 9.78. The fourth-order valence-corrected chi connectivity index (χ4v) is 5.54. The minimum atomic E-state index is -0.498. The molecule has 1 aliphatic carbocycles. The molecule has 3 aliphatic heterocycles. The van der Waals surface area contributed by atoms with Gasteiger partial charge in [-0.15, -0.1) is 0 Å². The van der Waals surface area contributed by atoms with Gasteiger partial charge in [0.05, 0.1) is 22.9 Å². The van der Waals surface area contributed by atoms with Gasteiger partial charge >= 0.3 is 13.2 Å². The van der Waals surface area contributed by atoms with Gasteiger partial charge in [-0.3, -0.25) is 9.89 Å². The van der Waals surface area contributed by atoms with Crippen LogP contribution in [0.4, 0.5) is 10.5 Å². The topological polar surface area (TPSA) is 60.4 Å². The van der Waals surface area contributed by atoms with E-state index < -0.39 is 5.60 Å². The summed E-state index contributed by atoms with van der Waals surface area (Å²) in [5.74, 6) is 0.475. The maximum atomic E-state index is 13.1. The van der Waals surface area contributed by atoms with E-state index in [-0.39, 0.29) is 36.5 Å². The first-order valence-electron chi connectivity index (χ1n) is 11.9. The zero-order valence-electron chi connectivity index (χ0n) is 20.4. The SMILES string of the molecule is CC(C)(C)OC(=O)N1[C@@H]2CC[C@H](C2)[C@H]1C1=Nc2ccc(B3OC(C)(C)C(C)(C)O3)cc2C1. The number of carbonyl (C=O) groups excluding carboxylic acids is 1. The number of rotatable bonds is 2. The van der Waals surface area contributed by atoms with Gasteiger partial charge in [-0.2, -0.15) is 0 Å². The summed E-state index contributed by atoms with van der Waals surface area (Å²) >= 11 is 0. The Kier molecular flexibility index (Phi) is 4.85. The largest absolute Gasteiger partial charge is 0.494 e. The number of likely N-dealkylation sites (tertiary alicyclic amines) is 1. The van der Waals surface area contributed by atoms with Crippen LogP contribution < -0.4 is 5.46 Å². The van der Waals surface area contributed by atoms with Gasteiger partial charge in [0.2, 0.25) is 0 Å². The summed E-state index contributed by atoms with van der Waals surface area (Å²) in [4.78, 5) is 20.0. The molecule has 5 rings (SSSR count). The van der Waals surface area contributed by atoms with Crippen molar-refractivity contribution < 1.29 is 18.8 Å². The van der Waals surface area contributed by atoms with E-state index in [9.17, 15) is 4.79 Å². The van der Waals surface area contributed by atoms with Crippen molar-refractivity contribution in [1.29, 1.82) is 0 Å². The lowest BCUT2D eigenvalue weighted by Crippen LogP contribution is -2.50. The molecule has 2 bridgehead atoms. The monoisotopic (exact) mass is 438 g/mol. The highest BCUT2D eigenvalue weighted by molar-refractivity contribution is 6.62. The smallest absolute Gasteiger partial charge is 0.444 e. The fraction of sp³-hybridized carbons (Fsp3) is 0.680. The number of fused-ring (bicyclic) bond motifs is 3. The Morgan fingerprint density at radius 2 is 1.84 bits per heavy atom. The first kappa shape index (κ1) is 22.0. The molecule has 1 saturated carbocycles. The van der Waals surface area contributed by atoms with Crippen molar-refractivity contribution in [3.63, 3.8) is 0 Å². The summed E-state index contributed by atoms with van der Waals surface area (Å²) in [6.45, 7) is 14.1. The van der Waals surface area contributed by atoms with E-state index in [1.807, 2.05) is 25.7 Å². The van der Waals surface area contributed by atoms with E-state index >= 15 is 0 Å². The Morgan fingerprint density at radius 1 is 1.16 bits per heavy atom. The average molecular weight is 438 g/mol. The van der Waals surface area contributed by atoms with Gasteiger partial charge in [-0.25, -0.2) is 4.79 Å². The van der Waals surface area contributed by atoms with E-state index in [0.29, 0.717) is 5.92 Å². The predicted octanol–water partition coefficient (Wildman–Crippen LogP) is 4.40. The third-order valence-electron chi connectivity index (χ3n) is 7.80. The Balaban J connectivity index is 1.36. The van der Waals surface area contributed by atoms with Crippen LogP contribution in [-0.2, 0) is 20.5 Å². The van der Waals surface area contributed by atoms with Gasteiger partial charge < -0.3 is 14.0 Å². The number of ether oxygens (including phenoxy) is 1. The summed E-state index contributed by atoms with van der Waals surface area (Å²) in [5, 5.41) is 0. The van der Waals surface area contributed by atoms with Crippen LogP contribution in [0.5, 0.6) is 0 Å². The van der Waals surface area contributed by atoms with Crippen molar-refractivity contribution in [2.24, 2.45) is 10.9 Å². The Labute approximate surface area is 191 Å². The number of benzene rings is 1. The van der Waals surface area contributed by atoms with Crippen LogP contribution in [0, 0.1) is 5.92 Å².